The first-order chi connectivity index (χ1) is 8.01. The van der Waals surface area contributed by atoms with Crippen molar-refractivity contribution in [3.63, 3.8) is 0 Å². The van der Waals surface area contributed by atoms with Gasteiger partial charge in [-0.1, -0.05) is 0 Å². The highest BCUT2D eigenvalue weighted by atomic mass is 16.6. The minimum Gasteiger partial charge on any atom is -0.462 e. The summed E-state index contributed by atoms with van der Waals surface area (Å²) in [4.78, 5) is 32.4. The second-order valence-corrected chi connectivity index (χ2v) is 3.32. The zero-order valence-corrected chi connectivity index (χ0v) is 9.43. The van der Waals surface area contributed by atoms with E-state index in [2.05, 4.69) is 0 Å². The molecule has 0 heterocycles. The van der Waals surface area contributed by atoms with Crippen LogP contribution < -0.4 is 0 Å². The van der Waals surface area contributed by atoms with Crippen molar-refractivity contribution in [2.24, 2.45) is 0 Å². The molecule has 0 aliphatic heterocycles. The van der Waals surface area contributed by atoms with Crippen LogP contribution in [0.5, 0.6) is 0 Å². The van der Waals surface area contributed by atoms with Crippen LogP contribution in [0.4, 0.5) is 5.69 Å². The van der Waals surface area contributed by atoms with Crippen LogP contribution in [0.15, 0.2) is 12.1 Å². The van der Waals surface area contributed by atoms with Crippen molar-refractivity contribution in [1.82, 2.24) is 0 Å². The Morgan fingerprint density at radius 1 is 1.53 bits per heavy atom. The number of hydrogen-bond donors (Lipinski definition) is 0. The summed E-state index contributed by atoms with van der Waals surface area (Å²) in [7, 11) is 0. The zero-order chi connectivity index (χ0) is 13.0. The molecule has 0 aromatic heterocycles. The summed E-state index contributed by atoms with van der Waals surface area (Å²) in [5, 5.41) is 10.7. The summed E-state index contributed by atoms with van der Waals surface area (Å²) in [6.45, 7) is 3.25. The van der Waals surface area contributed by atoms with Crippen LogP contribution in [0.2, 0.25) is 0 Å². The fourth-order valence-corrected chi connectivity index (χ4v) is 1.40. The molecule has 0 aliphatic carbocycles. The van der Waals surface area contributed by atoms with Gasteiger partial charge in [-0.3, -0.25) is 14.9 Å². The Bertz CT molecular complexity index is 481. The number of benzene rings is 1. The van der Waals surface area contributed by atoms with Crippen LogP contribution >= 0.6 is 0 Å². The number of ether oxygens (including phenoxy) is 1. The summed E-state index contributed by atoms with van der Waals surface area (Å²) >= 11 is 0. The van der Waals surface area contributed by atoms with Gasteiger partial charge in [0.25, 0.3) is 5.69 Å². The van der Waals surface area contributed by atoms with Crippen molar-refractivity contribution in [2.75, 3.05) is 6.61 Å². The molecule has 0 saturated heterocycles. The van der Waals surface area contributed by atoms with Crippen molar-refractivity contribution >= 4 is 17.9 Å². The molecular weight excluding hydrogens is 226 g/mol. The lowest BCUT2D eigenvalue weighted by Gasteiger charge is -2.06. The van der Waals surface area contributed by atoms with Crippen molar-refractivity contribution in [1.29, 1.82) is 0 Å². The van der Waals surface area contributed by atoms with E-state index < -0.39 is 10.9 Å². The van der Waals surface area contributed by atoms with Gasteiger partial charge in [0.15, 0.2) is 6.29 Å². The van der Waals surface area contributed by atoms with Gasteiger partial charge in [-0.25, -0.2) is 4.79 Å². The molecular formula is C11H11NO5. The fraction of sp³-hybridized carbons (Fsp3) is 0.273. The number of hydrogen-bond acceptors (Lipinski definition) is 5. The molecule has 0 bridgehead atoms. The maximum Gasteiger partial charge on any atom is 0.339 e. The molecule has 6 heteroatoms. The topological polar surface area (TPSA) is 86.5 Å². The van der Waals surface area contributed by atoms with Gasteiger partial charge in [0.2, 0.25) is 0 Å². The molecule has 0 fully saturated rings. The van der Waals surface area contributed by atoms with Gasteiger partial charge in [0.1, 0.15) is 0 Å². The average molecular weight is 237 g/mol. The van der Waals surface area contributed by atoms with E-state index in [-0.39, 0.29) is 23.4 Å². The maximum atomic E-state index is 11.5. The maximum absolute atomic E-state index is 11.5. The Balaban J connectivity index is 3.36. The van der Waals surface area contributed by atoms with E-state index in [1.807, 2.05) is 0 Å². The number of nitro benzene ring substituents is 1. The molecule has 90 valence electrons. The Hall–Kier alpha value is -2.24. The molecule has 0 N–H and O–H groups in total. The number of nitro groups is 1. The SMILES string of the molecule is CCOC(=O)c1cc([N+](=O)[O-])c(C)cc1C=O. The molecule has 0 atom stereocenters. The molecule has 0 unspecified atom stereocenters. The molecule has 1 aromatic carbocycles. The third kappa shape index (κ3) is 2.66. The predicted molar refractivity (Wildman–Crippen MR) is 59.2 cm³/mol. The molecule has 0 radical (unpaired) electrons. The largest absolute Gasteiger partial charge is 0.462 e. The minimum absolute atomic E-state index is 0.0841. The van der Waals surface area contributed by atoms with Crippen LogP contribution in [0.1, 0.15) is 33.2 Å². The highest BCUT2D eigenvalue weighted by Gasteiger charge is 2.20. The number of rotatable bonds is 4. The van der Waals surface area contributed by atoms with E-state index in [0.29, 0.717) is 11.8 Å². The van der Waals surface area contributed by atoms with Crippen LogP contribution in [0.25, 0.3) is 0 Å². The van der Waals surface area contributed by atoms with E-state index in [9.17, 15) is 19.7 Å². The Labute approximate surface area is 97.3 Å². The second-order valence-electron chi connectivity index (χ2n) is 3.32. The van der Waals surface area contributed by atoms with Gasteiger partial charge in [0, 0.05) is 17.2 Å². The zero-order valence-electron chi connectivity index (χ0n) is 9.43. The van der Waals surface area contributed by atoms with Gasteiger partial charge >= 0.3 is 5.97 Å². The standard InChI is InChI=1S/C11H11NO5/c1-3-17-11(14)9-5-10(12(15)16)7(2)4-8(9)6-13/h4-6H,3H2,1-2H3. The summed E-state index contributed by atoms with van der Waals surface area (Å²) in [6, 6.07) is 2.37. The fourth-order valence-electron chi connectivity index (χ4n) is 1.40. The molecule has 17 heavy (non-hydrogen) atoms. The van der Waals surface area contributed by atoms with E-state index >= 15 is 0 Å². The normalized spacial score (nSPS) is 9.76. The lowest BCUT2D eigenvalue weighted by molar-refractivity contribution is -0.385. The summed E-state index contributed by atoms with van der Waals surface area (Å²) in [5.41, 5.74) is 0.120. The molecule has 1 rings (SSSR count). The van der Waals surface area contributed by atoms with Crippen LogP contribution in [0, 0.1) is 17.0 Å². The van der Waals surface area contributed by atoms with E-state index in [1.165, 1.54) is 13.0 Å². The van der Waals surface area contributed by atoms with Gasteiger partial charge in [-0.2, -0.15) is 0 Å². The number of carbonyl (C=O) groups is 2. The van der Waals surface area contributed by atoms with Crippen LogP contribution in [-0.4, -0.2) is 23.8 Å². The monoisotopic (exact) mass is 237 g/mol. The van der Waals surface area contributed by atoms with Crippen molar-refractivity contribution in [3.05, 3.63) is 38.9 Å². The Morgan fingerprint density at radius 3 is 2.65 bits per heavy atom. The number of esters is 1. The van der Waals surface area contributed by atoms with E-state index in [1.54, 1.807) is 6.92 Å². The third-order valence-corrected chi connectivity index (χ3v) is 2.19. The minimum atomic E-state index is -0.738. The quantitative estimate of drug-likeness (QED) is 0.345. The van der Waals surface area contributed by atoms with E-state index in [0.717, 1.165) is 6.07 Å². The first kappa shape index (κ1) is 12.8. The second kappa shape index (κ2) is 5.20. The van der Waals surface area contributed by atoms with Gasteiger partial charge in [-0.05, 0) is 19.9 Å². The Morgan fingerprint density at radius 2 is 2.18 bits per heavy atom. The van der Waals surface area contributed by atoms with Gasteiger partial charge in [0.05, 0.1) is 17.1 Å². The smallest absolute Gasteiger partial charge is 0.339 e. The number of aryl methyl sites for hydroxylation is 1. The molecule has 0 aliphatic rings. The highest BCUT2D eigenvalue weighted by molar-refractivity contribution is 5.99. The first-order valence-electron chi connectivity index (χ1n) is 4.92. The van der Waals surface area contributed by atoms with Crippen LogP contribution in [0.3, 0.4) is 0 Å². The molecule has 6 nitrogen and oxygen atoms in total. The molecule has 1 aromatic rings. The summed E-state index contributed by atoms with van der Waals surface area (Å²) in [6.07, 6.45) is 0.475. The predicted octanol–water partition coefficient (Wildman–Crippen LogP) is 1.89. The van der Waals surface area contributed by atoms with Gasteiger partial charge < -0.3 is 4.74 Å². The molecule has 0 spiro atoms. The Kier molecular flexibility index (Phi) is 3.92. The average Bonchev–Trinajstić information content (AvgIpc) is 2.28. The van der Waals surface area contributed by atoms with Crippen LogP contribution in [-0.2, 0) is 4.74 Å². The third-order valence-electron chi connectivity index (χ3n) is 2.19. The number of nitrogens with zero attached hydrogens (tertiary/aromatic N) is 1. The van der Waals surface area contributed by atoms with Crippen molar-refractivity contribution in [3.8, 4) is 0 Å². The van der Waals surface area contributed by atoms with Gasteiger partial charge in [-0.15, -0.1) is 0 Å². The number of aldehydes is 1. The van der Waals surface area contributed by atoms with Crippen molar-refractivity contribution < 1.29 is 19.2 Å². The first-order valence-corrected chi connectivity index (χ1v) is 4.92. The highest BCUT2D eigenvalue weighted by Crippen LogP contribution is 2.22. The molecule has 0 saturated carbocycles. The summed E-state index contributed by atoms with van der Waals surface area (Å²) < 4.78 is 4.72. The lowest BCUT2D eigenvalue weighted by atomic mass is 10.0. The van der Waals surface area contributed by atoms with Crippen molar-refractivity contribution in [2.45, 2.75) is 13.8 Å². The molecule has 0 amide bonds. The van der Waals surface area contributed by atoms with E-state index in [4.69, 9.17) is 4.74 Å². The lowest BCUT2D eigenvalue weighted by Crippen LogP contribution is -2.09. The number of carbonyl (C=O) groups excluding carboxylic acids is 2. The summed E-state index contributed by atoms with van der Waals surface area (Å²) in [5.74, 6) is -0.738.